The topological polar surface area (TPSA) is 29.3 Å². The van der Waals surface area contributed by atoms with E-state index in [0.29, 0.717) is 6.04 Å². The van der Waals surface area contributed by atoms with Crippen molar-refractivity contribution in [3.63, 3.8) is 0 Å². The normalized spacial score (nSPS) is 13.8. The SMILES string of the molecule is CCC(N)CN(CCCCCC(C)C)CC(C)C. The summed E-state index contributed by atoms with van der Waals surface area (Å²) in [7, 11) is 0. The molecule has 0 bridgehead atoms. The molecule has 0 aliphatic heterocycles. The number of hydrogen-bond acceptors (Lipinski definition) is 2. The predicted octanol–water partition coefficient (Wildman–Crippen LogP) is 3.90. The van der Waals surface area contributed by atoms with Crippen LogP contribution in [0.25, 0.3) is 0 Å². The highest BCUT2D eigenvalue weighted by atomic mass is 15.1. The van der Waals surface area contributed by atoms with Crippen LogP contribution in [-0.2, 0) is 0 Å². The lowest BCUT2D eigenvalue weighted by molar-refractivity contribution is 0.223. The van der Waals surface area contributed by atoms with Crippen LogP contribution in [0.4, 0.5) is 0 Å². The second kappa shape index (κ2) is 10.8. The Bertz CT molecular complexity index is 178. The molecule has 0 heterocycles. The van der Waals surface area contributed by atoms with Crippen molar-refractivity contribution in [2.45, 2.75) is 72.8 Å². The van der Waals surface area contributed by atoms with E-state index in [4.69, 9.17) is 5.73 Å². The summed E-state index contributed by atoms with van der Waals surface area (Å²) in [6, 6.07) is 0.347. The summed E-state index contributed by atoms with van der Waals surface area (Å²) in [5.74, 6) is 1.59. The number of nitrogens with zero attached hydrogens (tertiary/aromatic N) is 1. The molecule has 0 fully saturated rings. The van der Waals surface area contributed by atoms with Gasteiger partial charge in [0, 0.05) is 19.1 Å². The minimum atomic E-state index is 0.347. The van der Waals surface area contributed by atoms with Gasteiger partial charge < -0.3 is 10.6 Å². The number of unbranched alkanes of at least 4 members (excludes halogenated alkanes) is 2. The maximum atomic E-state index is 6.08. The minimum Gasteiger partial charge on any atom is -0.327 e. The van der Waals surface area contributed by atoms with Gasteiger partial charge >= 0.3 is 0 Å². The molecule has 2 nitrogen and oxygen atoms in total. The molecule has 0 saturated heterocycles. The smallest absolute Gasteiger partial charge is 0.0165 e. The van der Waals surface area contributed by atoms with Crippen LogP contribution in [0, 0.1) is 11.8 Å². The molecule has 1 unspecified atom stereocenters. The lowest BCUT2D eigenvalue weighted by Gasteiger charge is -2.26. The predicted molar refractivity (Wildman–Crippen MR) is 82.9 cm³/mol. The van der Waals surface area contributed by atoms with Crippen molar-refractivity contribution in [3.8, 4) is 0 Å². The first-order valence-corrected chi connectivity index (χ1v) is 7.93. The zero-order valence-electron chi connectivity index (χ0n) is 13.4. The summed E-state index contributed by atoms with van der Waals surface area (Å²) in [5, 5.41) is 0. The highest BCUT2D eigenvalue weighted by Crippen LogP contribution is 2.10. The van der Waals surface area contributed by atoms with Crippen LogP contribution >= 0.6 is 0 Å². The van der Waals surface area contributed by atoms with E-state index in [0.717, 1.165) is 24.8 Å². The van der Waals surface area contributed by atoms with Crippen LogP contribution < -0.4 is 5.73 Å². The lowest BCUT2D eigenvalue weighted by Crippen LogP contribution is -2.39. The highest BCUT2D eigenvalue weighted by molar-refractivity contribution is 4.68. The molecule has 110 valence electrons. The molecule has 0 aliphatic rings. The average Bonchev–Trinajstić information content (AvgIpc) is 2.26. The van der Waals surface area contributed by atoms with Crippen LogP contribution in [0.1, 0.15) is 66.7 Å². The second-order valence-electron chi connectivity index (χ2n) is 6.56. The summed E-state index contributed by atoms with van der Waals surface area (Å²) in [5.41, 5.74) is 6.08. The molecular weight excluding hydrogens is 220 g/mol. The molecule has 0 radical (unpaired) electrons. The van der Waals surface area contributed by atoms with E-state index in [1.54, 1.807) is 0 Å². The van der Waals surface area contributed by atoms with Gasteiger partial charge in [-0.2, -0.15) is 0 Å². The summed E-state index contributed by atoms with van der Waals surface area (Å²) in [4.78, 5) is 2.56. The third-order valence-electron chi connectivity index (χ3n) is 3.40. The van der Waals surface area contributed by atoms with Crippen molar-refractivity contribution in [1.29, 1.82) is 0 Å². The van der Waals surface area contributed by atoms with Crippen molar-refractivity contribution < 1.29 is 0 Å². The molecular formula is C16H36N2. The van der Waals surface area contributed by atoms with Crippen molar-refractivity contribution in [3.05, 3.63) is 0 Å². The van der Waals surface area contributed by atoms with Crippen LogP contribution in [-0.4, -0.2) is 30.6 Å². The van der Waals surface area contributed by atoms with E-state index in [1.807, 2.05) is 0 Å². The zero-order valence-corrected chi connectivity index (χ0v) is 13.4. The number of rotatable bonds is 11. The van der Waals surface area contributed by atoms with E-state index in [2.05, 4.69) is 39.5 Å². The Hall–Kier alpha value is -0.0800. The van der Waals surface area contributed by atoms with Gasteiger partial charge in [-0.25, -0.2) is 0 Å². The first-order valence-electron chi connectivity index (χ1n) is 7.93. The maximum absolute atomic E-state index is 6.08. The standard InChI is InChI=1S/C16H36N2/c1-6-16(17)13-18(12-15(4)5)11-9-7-8-10-14(2)3/h14-16H,6-13,17H2,1-5H3. The third-order valence-corrected chi connectivity index (χ3v) is 3.40. The van der Waals surface area contributed by atoms with Gasteiger partial charge in [-0.15, -0.1) is 0 Å². The molecule has 0 aromatic rings. The van der Waals surface area contributed by atoms with Gasteiger partial charge in [0.25, 0.3) is 0 Å². The fraction of sp³-hybridized carbons (Fsp3) is 1.00. The fourth-order valence-corrected chi connectivity index (χ4v) is 2.30. The first kappa shape index (κ1) is 17.9. The molecule has 0 aromatic heterocycles. The molecule has 0 aliphatic carbocycles. The fourth-order valence-electron chi connectivity index (χ4n) is 2.30. The van der Waals surface area contributed by atoms with E-state index < -0.39 is 0 Å². The van der Waals surface area contributed by atoms with Gasteiger partial charge in [0.15, 0.2) is 0 Å². The minimum absolute atomic E-state index is 0.347. The van der Waals surface area contributed by atoms with Gasteiger partial charge in [0.1, 0.15) is 0 Å². The Morgan fingerprint density at radius 2 is 1.56 bits per heavy atom. The molecule has 0 spiro atoms. The second-order valence-corrected chi connectivity index (χ2v) is 6.56. The van der Waals surface area contributed by atoms with Crippen LogP contribution in [0.3, 0.4) is 0 Å². The monoisotopic (exact) mass is 256 g/mol. The van der Waals surface area contributed by atoms with Crippen LogP contribution in [0.5, 0.6) is 0 Å². The number of hydrogen-bond donors (Lipinski definition) is 1. The van der Waals surface area contributed by atoms with Crippen molar-refractivity contribution in [1.82, 2.24) is 4.90 Å². The van der Waals surface area contributed by atoms with E-state index in [-0.39, 0.29) is 0 Å². The maximum Gasteiger partial charge on any atom is 0.0165 e. The number of nitrogens with two attached hydrogens (primary N) is 1. The van der Waals surface area contributed by atoms with Gasteiger partial charge in [0.2, 0.25) is 0 Å². The van der Waals surface area contributed by atoms with Crippen molar-refractivity contribution in [2.24, 2.45) is 17.6 Å². The van der Waals surface area contributed by atoms with E-state index in [9.17, 15) is 0 Å². The zero-order chi connectivity index (χ0) is 14.0. The summed E-state index contributed by atoms with van der Waals surface area (Å²) >= 11 is 0. The van der Waals surface area contributed by atoms with Gasteiger partial charge in [-0.05, 0) is 31.2 Å². The quantitative estimate of drug-likeness (QED) is 0.568. The Morgan fingerprint density at radius 1 is 0.889 bits per heavy atom. The third kappa shape index (κ3) is 11.0. The molecule has 0 amide bonds. The van der Waals surface area contributed by atoms with Gasteiger partial charge in [-0.3, -0.25) is 0 Å². The van der Waals surface area contributed by atoms with Crippen LogP contribution in [0.2, 0.25) is 0 Å². The van der Waals surface area contributed by atoms with Crippen molar-refractivity contribution in [2.75, 3.05) is 19.6 Å². The largest absolute Gasteiger partial charge is 0.327 e. The summed E-state index contributed by atoms with van der Waals surface area (Å²) in [6.45, 7) is 14.9. The molecule has 0 saturated carbocycles. The molecule has 0 rings (SSSR count). The molecule has 1 atom stereocenters. The lowest BCUT2D eigenvalue weighted by atomic mass is 10.0. The Morgan fingerprint density at radius 3 is 2.06 bits per heavy atom. The highest BCUT2D eigenvalue weighted by Gasteiger charge is 2.10. The Balaban J connectivity index is 3.79. The molecule has 18 heavy (non-hydrogen) atoms. The Kier molecular flexibility index (Phi) is 10.8. The average molecular weight is 256 g/mol. The first-order chi connectivity index (χ1) is 8.45. The van der Waals surface area contributed by atoms with Gasteiger partial charge in [-0.1, -0.05) is 53.9 Å². The van der Waals surface area contributed by atoms with E-state index >= 15 is 0 Å². The molecule has 2 heteroatoms. The molecule has 0 aromatic carbocycles. The summed E-state index contributed by atoms with van der Waals surface area (Å²) < 4.78 is 0. The van der Waals surface area contributed by atoms with E-state index in [1.165, 1.54) is 38.8 Å². The molecule has 2 N–H and O–H groups in total. The van der Waals surface area contributed by atoms with Crippen molar-refractivity contribution >= 4 is 0 Å². The Labute approximate surface area is 115 Å². The van der Waals surface area contributed by atoms with Crippen LogP contribution in [0.15, 0.2) is 0 Å². The van der Waals surface area contributed by atoms with Gasteiger partial charge in [0.05, 0.1) is 0 Å². The summed E-state index contributed by atoms with van der Waals surface area (Å²) in [6.07, 6.45) is 6.54.